The van der Waals surface area contributed by atoms with Crippen molar-refractivity contribution in [1.29, 1.82) is 0 Å². The van der Waals surface area contributed by atoms with Gasteiger partial charge in [0.05, 0.1) is 18.4 Å². The van der Waals surface area contributed by atoms with Crippen LogP contribution >= 0.6 is 0 Å². The zero-order valence-electron chi connectivity index (χ0n) is 12.2. The number of fused-ring (bicyclic) bond motifs is 1. The van der Waals surface area contributed by atoms with Gasteiger partial charge in [0.2, 0.25) is 0 Å². The van der Waals surface area contributed by atoms with Crippen LogP contribution in [0.3, 0.4) is 0 Å². The number of benzene rings is 1. The van der Waals surface area contributed by atoms with Crippen molar-refractivity contribution in [3.8, 4) is 0 Å². The Bertz CT molecular complexity index is 812. The van der Waals surface area contributed by atoms with E-state index in [2.05, 4.69) is 4.98 Å². The second-order valence-corrected chi connectivity index (χ2v) is 5.01. The zero-order valence-corrected chi connectivity index (χ0v) is 12.2. The van der Waals surface area contributed by atoms with E-state index >= 15 is 0 Å². The summed E-state index contributed by atoms with van der Waals surface area (Å²) < 4.78 is 15.2. The molecule has 22 heavy (non-hydrogen) atoms. The number of pyridine rings is 1. The Labute approximate surface area is 127 Å². The topological polar surface area (TPSA) is 37.6 Å². The molecule has 2 heterocycles. The van der Waals surface area contributed by atoms with Crippen LogP contribution < -0.4 is 0 Å². The molecule has 0 aliphatic rings. The van der Waals surface area contributed by atoms with Crippen LogP contribution in [0.4, 0.5) is 4.39 Å². The highest BCUT2D eigenvalue weighted by Crippen LogP contribution is 2.13. The third kappa shape index (κ3) is 2.70. The molecule has 5 heteroatoms. The third-order valence-electron chi connectivity index (χ3n) is 3.59. The minimum Gasteiger partial charge on any atom is -0.333 e. The van der Waals surface area contributed by atoms with Crippen LogP contribution in [0, 0.1) is 5.82 Å². The van der Waals surface area contributed by atoms with Crippen molar-refractivity contribution in [2.24, 2.45) is 0 Å². The van der Waals surface area contributed by atoms with Gasteiger partial charge in [-0.2, -0.15) is 0 Å². The summed E-state index contributed by atoms with van der Waals surface area (Å²) in [7, 11) is 0. The molecule has 0 N–H and O–H groups in total. The molecule has 0 spiro atoms. The smallest absolute Gasteiger partial charge is 0.254 e. The summed E-state index contributed by atoms with van der Waals surface area (Å²) >= 11 is 0. The number of hydrogen-bond acceptors (Lipinski definition) is 2. The van der Waals surface area contributed by atoms with Crippen molar-refractivity contribution in [2.45, 2.75) is 13.5 Å². The van der Waals surface area contributed by atoms with Gasteiger partial charge in [-0.3, -0.25) is 4.79 Å². The SMILES string of the molecule is CCN(Cc1cnc2ccccn12)C(=O)c1cccc(F)c1. The quantitative estimate of drug-likeness (QED) is 0.742. The molecule has 0 saturated carbocycles. The van der Waals surface area contributed by atoms with E-state index in [4.69, 9.17) is 0 Å². The fraction of sp³-hybridized carbons (Fsp3) is 0.176. The largest absolute Gasteiger partial charge is 0.333 e. The number of imidazole rings is 1. The number of aromatic nitrogens is 2. The van der Waals surface area contributed by atoms with Crippen LogP contribution in [0.1, 0.15) is 23.0 Å². The second kappa shape index (κ2) is 5.97. The molecule has 0 unspecified atom stereocenters. The van der Waals surface area contributed by atoms with Crippen LogP contribution in [0.15, 0.2) is 54.9 Å². The molecule has 3 rings (SSSR count). The predicted molar refractivity (Wildman–Crippen MR) is 82.0 cm³/mol. The fourth-order valence-corrected chi connectivity index (χ4v) is 2.43. The Hall–Kier alpha value is -2.69. The second-order valence-electron chi connectivity index (χ2n) is 5.01. The van der Waals surface area contributed by atoms with Crippen LogP contribution in [0.25, 0.3) is 5.65 Å². The van der Waals surface area contributed by atoms with Gasteiger partial charge in [-0.1, -0.05) is 12.1 Å². The van der Waals surface area contributed by atoms with Gasteiger partial charge in [0.25, 0.3) is 5.91 Å². The number of amides is 1. The lowest BCUT2D eigenvalue weighted by Gasteiger charge is -2.20. The minimum atomic E-state index is -0.406. The Kier molecular flexibility index (Phi) is 3.87. The Balaban J connectivity index is 1.87. The molecular weight excluding hydrogens is 281 g/mol. The fourth-order valence-electron chi connectivity index (χ4n) is 2.43. The summed E-state index contributed by atoms with van der Waals surface area (Å²) in [5.74, 6) is -0.593. The first kappa shape index (κ1) is 14.3. The number of rotatable bonds is 4. The molecule has 3 aromatic rings. The lowest BCUT2D eigenvalue weighted by molar-refractivity contribution is 0.0750. The van der Waals surface area contributed by atoms with E-state index in [1.54, 1.807) is 23.2 Å². The van der Waals surface area contributed by atoms with E-state index in [0.29, 0.717) is 18.7 Å². The molecule has 0 radical (unpaired) electrons. The number of hydrogen-bond donors (Lipinski definition) is 0. The lowest BCUT2D eigenvalue weighted by Crippen LogP contribution is -2.30. The van der Waals surface area contributed by atoms with Gasteiger partial charge in [-0.25, -0.2) is 9.37 Å². The molecule has 2 aromatic heterocycles. The number of nitrogens with zero attached hydrogens (tertiary/aromatic N) is 3. The first-order chi connectivity index (χ1) is 10.7. The van der Waals surface area contributed by atoms with Gasteiger partial charge in [0, 0.05) is 18.3 Å². The predicted octanol–water partition coefficient (Wildman–Crippen LogP) is 3.14. The van der Waals surface area contributed by atoms with Gasteiger partial charge >= 0.3 is 0 Å². The highest BCUT2D eigenvalue weighted by molar-refractivity contribution is 5.94. The zero-order chi connectivity index (χ0) is 15.5. The van der Waals surface area contributed by atoms with Crippen LogP contribution in [0.5, 0.6) is 0 Å². The average molecular weight is 297 g/mol. The van der Waals surface area contributed by atoms with E-state index < -0.39 is 5.82 Å². The van der Waals surface area contributed by atoms with Crippen LogP contribution in [-0.2, 0) is 6.54 Å². The van der Waals surface area contributed by atoms with Crippen LogP contribution in [-0.4, -0.2) is 26.7 Å². The molecule has 112 valence electrons. The summed E-state index contributed by atoms with van der Waals surface area (Å²) in [4.78, 5) is 18.5. The minimum absolute atomic E-state index is 0.187. The lowest BCUT2D eigenvalue weighted by atomic mass is 10.2. The van der Waals surface area contributed by atoms with Gasteiger partial charge in [-0.15, -0.1) is 0 Å². The molecule has 1 aromatic carbocycles. The standard InChI is InChI=1S/C17H16FN3O/c1-2-20(17(22)13-6-5-7-14(18)10-13)12-15-11-19-16-8-3-4-9-21(15)16/h3-11H,2,12H2,1H3. The first-order valence-electron chi connectivity index (χ1n) is 7.15. The van der Waals surface area contributed by atoms with Gasteiger partial charge in [0.1, 0.15) is 11.5 Å². The van der Waals surface area contributed by atoms with Crippen molar-refractivity contribution in [3.05, 3.63) is 71.9 Å². The summed E-state index contributed by atoms with van der Waals surface area (Å²) in [6, 6.07) is 11.5. The van der Waals surface area contributed by atoms with Crippen molar-refractivity contribution in [1.82, 2.24) is 14.3 Å². The Morgan fingerprint density at radius 3 is 2.91 bits per heavy atom. The van der Waals surface area contributed by atoms with E-state index in [0.717, 1.165) is 11.3 Å². The van der Waals surface area contributed by atoms with Gasteiger partial charge in [-0.05, 0) is 37.3 Å². The highest BCUT2D eigenvalue weighted by atomic mass is 19.1. The monoisotopic (exact) mass is 297 g/mol. The van der Waals surface area contributed by atoms with Crippen molar-refractivity contribution in [2.75, 3.05) is 6.54 Å². The molecular formula is C17H16FN3O. The summed E-state index contributed by atoms with van der Waals surface area (Å²) in [6.45, 7) is 2.87. The van der Waals surface area contributed by atoms with E-state index in [1.165, 1.54) is 12.1 Å². The maximum atomic E-state index is 13.3. The Morgan fingerprint density at radius 2 is 2.14 bits per heavy atom. The summed E-state index contributed by atoms with van der Waals surface area (Å²) in [5, 5.41) is 0. The number of halogens is 1. The van der Waals surface area contributed by atoms with E-state index in [9.17, 15) is 9.18 Å². The highest BCUT2D eigenvalue weighted by Gasteiger charge is 2.16. The van der Waals surface area contributed by atoms with Crippen molar-refractivity contribution in [3.63, 3.8) is 0 Å². The van der Waals surface area contributed by atoms with Crippen molar-refractivity contribution < 1.29 is 9.18 Å². The maximum Gasteiger partial charge on any atom is 0.254 e. The maximum absolute atomic E-state index is 13.3. The molecule has 0 bridgehead atoms. The molecule has 0 aliphatic heterocycles. The van der Waals surface area contributed by atoms with Crippen LogP contribution in [0.2, 0.25) is 0 Å². The molecule has 1 amide bonds. The number of carbonyl (C=O) groups excluding carboxylic acids is 1. The van der Waals surface area contributed by atoms with E-state index in [1.807, 2.05) is 35.7 Å². The van der Waals surface area contributed by atoms with E-state index in [-0.39, 0.29) is 5.91 Å². The van der Waals surface area contributed by atoms with Gasteiger partial charge < -0.3 is 9.30 Å². The summed E-state index contributed by atoms with van der Waals surface area (Å²) in [5.41, 5.74) is 2.12. The third-order valence-corrected chi connectivity index (χ3v) is 3.59. The van der Waals surface area contributed by atoms with Gasteiger partial charge in [0.15, 0.2) is 0 Å². The van der Waals surface area contributed by atoms with Crippen molar-refractivity contribution >= 4 is 11.6 Å². The first-order valence-corrected chi connectivity index (χ1v) is 7.15. The number of carbonyl (C=O) groups is 1. The molecule has 0 aliphatic carbocycles. The molecule has 0 saturated heterocycles. The normalized spacial score (nSPS) is 10.8. The molecule has 4 nitrogen and oxygen atoms in total. The molecule has 0 fully saturated rings. The molecule has 0 atom stereocenters. The Morgan fingerprint density at radius 1 is 1.27 bits per heavy atom. The summed E-state index contributed by atoms with van der Waals surface area (Å²) in [6.07, 6.45) is 3.68. The average Bonchev–Trinajstić information content (AvgIpc) is 2.95.